The molecule has 1 aromatic carbocycles. The average Bonchev–Trinajstić information content (AvgIpc) is 2.33. The van der Waals surface area contributed by atoms with Crippen LogP contribution in [-0.4, -0.2) is 34.3 Å². The minimum Gasteiger partial charge on any atom is -0.465 e. The van der Waals surface area contributed by atoms with Crippen molar-refractivity contribution in [3.63, 3.8) is 0 Å². The number of halogens is 1. The molecule has 2 N–H and O–H groups in total. The van der Waals surface area contributed by atoms with Crippen molar-refractivity contribution in [2.75, 3.05) is 7.05 Å². The summed E-state index contributed by atoms with van der Waals surface area (Å²) in [7, 11) is 1.48. The number of hydrogen-bond donors (Lipinski definition) is 2. The number of hydrogen-bond acceptors (Lipinski definition) is 2. The minimum absolute atomic E-state index is 0.0889. The fraction of sp³-hybridized carbons (Fsp3) is 0.533. The lowest BCUT2D eigenvalue weighted by atomic mass is 9.70. The Morgan fingerprint density at radius 2 is 2.05 bits per heavy atom. The molecule has 0 spiro atoms. The molecule has 0 radical (unpaired) electrons. The lowest BCUT2D eigenvalue weighted by Crippen LogP contribution is -2.53. The Bertz CT molecular complexity index is 524. The first kappa shape index (κ1) is 14.8. The Kier molecular flexibility index (Phi) is 3.73. The van der Waals surface area contributed by atoms with Crippen molar-refractivity contribution >= 4 is 6.09 Å². The zero-order chi connectivity index (χ0) is 15.1. The van der Waals surface area contributed by atoms with E-state index in [1.54, 1.807) is 12.1 Å². The molecule has 0 unspecified atom stereocenters. The first-order valence-corrected chi connectivity index (χ1v) is 6.72. The first-order chi connectivity index (χ1) is 9.24. The van der Waals surface area contributed by atoms with E-state index >= 15 is 0 Å². The van der Waals surface area contributed by atoms with Crippen molar-refractivity contribution in [1.82, 2.24) is 4.90 Å². The van der Waals surface area contributed by atoms with Gasteiger partial charge in [-0.2, -0.15) is 0 Å². The summed E-state index contributed by atoms with van der Waals surface area (Å²) in [5.41, 5.74) is 0.0235. The van der Waals surface area contributed by atoms with Gasteiger partial charge in [0.1, 0.15) is 5.82 Å². The molecule has 1 aromatic rings. The van der Waals surface area contributed by atoms with E-state index < -0.39 is 11.7 Å². The highest BCUT2D eigenvalue weighted by molar-refractivity contribution is 5.65. The van der Waals surface area contributed by atoms with Gasteiger partial charge < -0.3 is 15.1 Å². The highest BCUT2D eigenvalue weighted by Crippen LogP contribution is 2.44. The minimum atomic E-state index is -1.12. The van der Waals surface area contributed by atoms with Crippen LogP contribution in [0.2, 0.25) is 0 Å². The van der Waals surface area contributed by atoms with Crippen molar-refractivity contribution in [3.8, 4) is 0 Å². The largest absolute Gasteiger partial charge is 0.465 e. The average molecular weight is 281 g/mol. The first-order valence-electron chi connectivity index (χ1n) is 6.72. The molecule has 0 aromatic heterocycles. The summed E-state index contributed by atoms with van der Waals surface area (Å²) >= 11 is 0. The van der Waals surface area contributed by atoms with Crippen molar-refractivity contribution in [1.29, 1.82) is 0 Å². The van der Waals surface area contributed by atoms with Gasteiger partial charge in [0.2, 0.25) is 0 Å². The van der Waals surface area contributed by atoms with Crippen LogP contribution in [0, 0.1) is 5.82 Å². The highest BCUT2D eigenvalue weighted by Gasteiger charge is 2.47. The monoisotopic (exact) mass is 281 g/mol. The summed E-state index contributed by atoms with van der Waals surface area (Å²) in [6, 6.07) is 4.58. The molecule has 4 nitrogen and oxygen atoms in total. The van der Waals surface area contributed by atoms with E-state index in [0.29, 0.717) is 24.0 Å². The van der Waals surface area contributed by atoms with E-state index in [9.17, 15) is 14.3 Å². The molecule has 1 aliphatic rings. The second-order valence-electron chi connectivity index (χ2n) is 5.88. The van der Waals surface area contributed by atoms with Gasteiger partial charge in [0.05, 0.1) is 5.60 Å². The van der Waals surface area contributed by atoms with Gasteiger partial charge in [0, 0.05) is 25.9 Å². The van der Waals surface area contributed by atoms with Crippen LogP contribution in [-0.2, 0) is 5.60 Å². The van der Waals surface area contributed by atoms with Crippen LogP contribution in [0.3, 0.4) is 0 Å². The third-order valence-corrected chi connectivity index (χ3v) is 4.16. The Morgan fingerprint density at radius 3 is 2.50 bits per heavy atom. The van der Waals surface area contributed by atoms with E-state index in [-0.39, 0.29) is 17.8 Å². The number of carbonyl (C=O) groups is 1. The molecular formula is C15H20FNO3. The van der Waals surface area contributed by atoms with Gasteiger partial charge in [-0.05, 0) is 23.1 Å². The number of benzene rings is 1. The van der Waals surface area contributed by atoms with E-state index in [4.69, 9.17) is 5.11 Å². The summed E-state index contributed by atoms with van der Waals surface area (Å²) < 4.78 is 14.0. The van der Waals surface area contributed by atoms with Crippen LogP contribution in [0.25, 0.3) is 0 Å². The smallest absolute Gasteiger partial charge is 0.407 e. The third kappa shape index (κ3) is 2.50. The lowest BCUT2D eigenvalue weighted by Gasteiger charge is -2.47. The SMILES string of the molecule is CC(C)c1ccc(C2(O)CC(N(C)C(=O)O)C2)cc1F. The molecule has 2 rings (SSSR count). The van der Waals surface area contributed by atoms with Gasteiger partial charge in [0.15, 0.2) is 0 Å². The zero-order valence-corrected chi connectivity index (χ0v) is 11.9. The van der Waals surface area contributed by atoms with E-state index in [2.05, 4.69) is 0 Å². The highest BCUT2D eigenvalue weighted by atomic mass is 19.1. The van der Waals surface area contributed by atoms with Gasteiger partial charge in [-0.25, -0.2) is 9.18 Å². The number of nitrogens with zero attached hydrogens (tertiary/aromatic N) is 1. The summed E-state index contributed by atoms with van der Waals surface area (Å²) in [6.45, 7) is 3.82. The van der Waals surface area contributed by atoms with E-state index in [1.807, 2.05) is 13.8 Å². The topological polar surface area (TPSA) is 60.8 Å². The second kappa shape index (κ2) is 5.05. The molecule has 0 saturated heterocycles. The van der Waals surface area contributed by atoms with Crippen molar-refractivity contribution in [3.05, 3.63) is 35.1 Å². The molecule has 1 fully saturated rings. The summed E-state index contributed by atoms with van der Waals surface area (Å²) in [5, 5.41) is 19.3. The molecule has 1 saturated carbocycles. The zero-order valence-electron chi connectivity index (χ0n) is 11.9. The molecule has 20 heavy (non-hydrogen) atoms. The Hall–Kier alpha value is -1.62. The van der Waals surface area contributed by atoms with Crippen molar-refractivity contribution in [2.45, 2.75) is 44.2 Å². The van der Waals surface area contributed by atoms with Gasteiger partial charge in [-0.1, -0.05) is 26.0 Å². The van der Waals surface area contributed by atoms with Crippen LogP contribution < -0.4 is 0 Å². The van der Waals surface area contributed by atoms with E-state index in [1.165, 1.54) is 18.0 Å². The summed E-state index contributed by atoms with van der Waals surface area (Å²) in [4.78, 5) is 12.0. The number of carboxylic acid groups (broad SMARTS) is 1. The van der Waals surface area contributed by atoms with E-state index in [0.717, 1.165) is 0 Å². The molecule has 110 valence electrons. The van der Waals surface area contributed by atoms with Crippen LogP contribution in [0.5, 0.6) is 0 Å². The van der Waals surface area contributed by atoms with Crippen molar-refractivity contribution in [2.24, 2.45) is 0 Å². The third-order valence-electron chi connectivity index (χ3n) is 4.16. The summed E-state index contributed by atoms with van der Waals surface area (Å²) in [6.07, 6.45) is -0.412. The molecule has 1 amide bonds. The van der Waals surface area contributed by atoms with Crippen LogP contribution in [0.4, 0.5) is 9.18 Å². The maximum absolute atomic E-state index is 14.0. The Labute approximate surface area is 117 Å². The summed E-state index contributed by atoms with van der Waals surface area (Å²) in [5.74, 6) is -0.230. The van der Waals surface area contributed by atoms with Crippen LogP contribution in [0.15, 0.2) is 18.2 Å². The molecular weight excluding hydrogens is 261 g/mol. The molecule has 0 heterocycles. The Balaban J connectivity index is 2.14. The predicted octanol–water partition coefficient (Wildman–Crippen LogP) is 2.91. The molecule has 0 aliphatic heterocycles. The van der Waals surface area contributed by atoms with Gasteiger partial charge in [-0.3, -0.25) is 0 Å². The molecule has 5 heteroatoms. The van der Waals surface area contributed by atoms with Crippen molar-refractivity contribution < 1.29 is 19.4 Å². The molecule has 0 atom stereocenters. The van der Waals surface area contributed by atoms with Crippen LogP contribution in [0.1, 0.15) is 43.7 Å². The normalized spacial score (nSPS) is 25.4. The number of rotatable bonds is 3. The molecule has 0 bridgehead atoms. The van der Waals surface area contributed by atoms with Crippen LogP contribution >= 0.6 is 0 Å². The predicted molar refractivity (Wildman–Crippen MR) is 73.2 cm³/mol. The standard InChI is InChI=1S/C15H20FNO3/c1-9(2)12-5-4-10(6-13(12)16)15(20)7-11(8-15)17(3)14(18)19/h4-6,9,11,20H,7-8H2,1-3H3,(H,18,19). The second-order valence-corrected chi connectivity index (χ2v) is 5.88. The fourth-order valence-corrected chi connectivity index (χ4v) is 2.67. The quantitative estimate of drug-likeness (QED) is 0.895. The molecule has 1 aliphatic carbocycles. The Morgan fingerprint density at radius 1 is 1.45 bits per heavy atom. The lowest BCUT2D eigenvalue weighted by molar-refractivity contribution is -0.0865. The number of aliphatic hydroxyl groups is 1. The van der Waals surface area contributed by atoms with Gasteiger partial charge >= 0.3 is 6.09 Å². The maximum atomic E-state index is 14.0. The van der Waals surface area contributed by atoms with Gasteiger partial charge in [0.25, 0.3) is 0 Å². The number of amides is 1. The maximum Gasteiger partial charge on any atom is 0.407 e. The van der Waals surface area contributed by atoms with Gasteiger partial charge in [-0.15, -0.1) is 0 Å². The fourth-order valence-electron chi connectivity index (χ4n) is 2.67.